The molecule has 27 heavy (non-hydrogen) atoms. The molecule has 7 nitrogen and oxygen atoms in total. The zero-order chi connectivity index (χ0) is 19.0. The molecule has 0 fully saturated rings. The molecular formula is C20H19N3O4. The lowest BCUT2D eigenvalue weighted by Crippen LogP contribution is -2.25. The number of fused-ring (bicyclic) bond motifs is 2. The minimum Gasteiger partial charge on any atom is -0.479 e. The molecule has 0 saturated carbocycles. The maximum absolute atomic E-state index is 12.7. The minimum absolute atomic E-state index is 0.161. The average molecular weight is 365 g/mol. The molecule has 0 unspecified atom stereocenters. The smallest absolute Gasteiger partial charge is 0.275 e. The number of benzene rings is 2. The molecule has 0 radical (unpaired) electrons. The molecule has 0 saturated heterocycles. The number of nitrogens with zero attached hydrogens (tertiary/aromatic N) is 2. The summed E-state index contributed by atoms with van der Waals surface area (Å²) in [5, 5.41) is 2.85. The highest BCUT2D eigenvalue weighted by Gasteiger charge is 2.18. The first-order chi connectivity index (χ1) is 13.0. The number of hydrogen-bond donors (Lipinski definition) is 1. The Morgan fingerprint density at radius 2 is 1.78 bits per heavy atom. The zero-order valence-electron chi connectivity index (χ0n) is 15.3. The van der Waals surface area contributed by atoms with Gasteiger partial charge in [-0.05, 0) is 54.8 Å². The average Bonchev–Trinajstić information content (AvgIpc) is 3.14. The van der Waals surface area contributed by atoms with Crippen LogP contribution in [0.25, 0.3) is 11.0 Å². The van der Waals surface area contributed by atoms with Crippen molar-refractivity contribution in [1.29, 1.82) is 0 Å². The molecule has 4 rings (SSSR count). The number of methoxy groups -OCH3 is 1. The molecule has 3 aromatic rings. The van der Waals surface area contributed by atoms with Gasteiger partial charge in [-0.25, -0.2) is 9.97 Å². The third-order valence-electron chi connectivity index (χ3n) is 4.55. The van der Waals surface area contributed by atoms with Crippen molar-refractivity contribution in [1.82, 2.24) is 15.3 Å². The molecule has 1 aliphatic heterocycles. The number of hydrogen-bond acceptors (Lipinski definition) is 6. The summed E-state index contributed by atoms with van der Waals surface area (Å²) in [5.74, 6) is 1.24. The van der Waals surface area contributed by atoms with Crippen molar-refractivity contribution >= 4 is 16.9 Å². The lowest BCUT2D eigenvalue weighted by molar-refractivity contribution is 0.0942. The van der Waals surface area contributed by atoms with Gasteiger partial charge in [0.15, 0.2) is 17.2 Å². The molecule has 0 aliphatic carbocycles. The number of aromatic nitrogens is 2. The molecular weight excluding hydrogens is 346 g/mol. The maximum atomic E-state index is 12.7. The number of ether oxygens (including phenoxy) is 3. The van der Waals surface area contributed by atoms with Gasteiger partial charge < -0.3 is 19.5 Å². The Morgan fingerprint density at radius 1 is 1.07 bits per heavy atom. The SMILES string of the molecule is COc1nc2cc(C)c(C)cc2nc1C(=O)NCc1ccc2c(c1)OCO2. The Bertz CT molecular complexity index is 1050. The van der Waals surface area contributed by atoms with Crippen LogP contribution in [-0.2, 0) is 6.54 Å². The zero-order valence-corrected chi connectivity index (χ0v) is 15.3. The van der Waals surface area contributed by atoms with E-state index in [0.717, 1.165) is 16.7 Å². The second kappa shape index (κ2) is 6.75. The summed E-state index contributed by atoms with van der Waals surface area (Å²) in [7, 11) is 1.48. The molecule has 0 bridgehead atoms. The van der Waals surface area contributed by atoms with Crippen LogP contribution in [0.1, 0.15) is 27.2 Å². The largest absolute Gasteiger partial charge is 0.479 e. The van der Waals surface area contributed by atoms with Gasteiger partial charge in [-0.1, -0.05) is 6.07 Å². The molecule has 2 aromatic carbocycles. The Balaban J connectivity index is 1.59. The summed E-state index contributed by atoms with van der Waals surface area (Å²) in [4.78, 5) is 21.6. The van der Waals surface area contributed by atoms with Crippen molar-refractivity contribution in [2.45, 2.75) is 20.4 Å². The predicted octanol–water partition coefficient (Wildman–Crippen LogP) is 2.91. The number of carbonyl (C=O) groups excluding carboxylic acids is 1. The summed E-state index contributed by atoms with van der Waals surface area (Å²) in [6, 6.07) is 9.41. The van der Waals surface area contributed by atoms with Crippen LogP contribution in [0.15, 0.2) is 30.3 Å². The minimum atomic E-state index is -0.350. The van der Waals surface area contributed by atoms with Crippen molar-refractivity contribution < 1.29 is 19.0 Å². The summed E-state index contributed by atoms with van der Waals surface area (Å²) in [6.07, 6.45) is 0. The van der Waals surface area contributed by atoms with E-state index >= 15 is 0 Å². The van der Waals surface area contributed by atoms with Crippen LogP contribution in [0.3, 0.4) is 0 Å². The highest BCUT2D eigenvalue weighted by molar-refractivity contribution is 5.96. The van der Waals surface area contributed by atoms with Crippen molar-refractivity contribution in [3.8, 4) is 17.4 Å². The van der Waals surface area contributed by atoms with E-state index in [9.17, 15) is 4.79 Å². The normalized spacial score (nSPS) is 12.3. The van der Waals surface area contributed by atoms with Gasteiger partial charge in [0.05, 0.1) is 18.1 Å². The van der Waals surface area contributed by atoms with Gasteiger partial charge in [-0.2, -0.15) is 0 Å². The van der Waals surface area contributed by atoms with E-state index in [4.69, 9.17) is 14.2 Å². The predicted molar refractivity (Wildman–Crippen MR) is 99.3 cm³/mol. The fourth-order valence-electron chi connectivity index (χ4n) is 2.90. The van der Waals surface area contributed by atoms with Crippen LogP contribution < -0.4 is 19.5 Å². The quantitative estimate of drug-likeness (QED) is 0.765. The lowest BCUT2D eigenvalue weighted by Gasteiger charge is -2.11. The number of amides is 1. The number of rotatable bonds is 4. The summed E-state index contributed by atoms with van der Waals surface area (Å²) in [6.45, 7) is 4.55. The standard InChI is InChI=1S/C20H19N3O4/c1-11-6-14-15(7-12(11)2)23-20(25-3)18(22-14)19(24)21-9-13-4-5-16-17(8-13)27-10-26-16/h4-8H,9-10H2,1-3H3,(H,21,24). The maximum Gasteiger partial charge on any atom is 0.275 e. The van der Waals surface area contributed by atoms with E-state index < -0.39 is 0 Å². The van der Waals surface area contributed by atoms with Gasteiger partial charge >= 0.3 is 0 Å². The Labute approximate surface area is 156 Å². The summed E-state index contributed by atoms with van der Waals surface area (Å²) in [5.41, 5.74) is 4.61. The Morgan fingerprint density at radius 3 is 2.52 bits per heavy atom. The molecule has 1 N–H and O–H groups in total. The second-order valence-electron chi connectivity index (χ2n) is 6.38. The molecule has 1 aliphatic rings. The van der Waals surface area contributed by atoms with Crippen LogP contribution in [0.2, 0.25) is 0 Å². The fourth-order valence-corrected chi connectivity index (χ4v) is 2.90. The third kappa shape index (κ3) is 3.23. The first-order valence-electron chi connectivity index (χ1n) is 8.55. The monoisotopic (exact) mass is 365 g/mol. The van der Waals surface area contributed by atoms with E-state index in [0.29, 0.717) is 29.1 Å². The van der Waals surface area contributed by atoms with Gasteiger partial charge in [0.2, 0.25) is 12.7 Å². The number of nitrogens with one attached hydrogen (secondary N) is 1. The Kier molecular flexibility index (Phi) is 4.27. The van der Waals surface area contributed by atoms with E-state index in [-0.39, 0.29) is 24.3 Å². The molecule has 2 heterocycles. The molecule has 0 atom stereocenters. The van der Waals surface area contributed by atoms with Gasteiger partial charge in [0.25, 0.3) is 5.91 Å². The van der Waals surface area contributed by atoms with E-state index in [2.05, 4.69) is 15.3 Å². The molecule has 138 valence electrons. The van der Waals surface area contributed by atoms with Crippen molar-refractivity contribution in [2.75, 3.05) is 13.9 Å². The van der Waals surface area contributed by atoms with Crippen molar-refractivity contribution in [2.24, 2.45) is 0 Å². The van der Waals surface area contributed by atoms with Gasteiger partial charge in [0, 0.05) is 6.54 Å². The van der Waals surface area contributed by atoms with Gasteiger partial charge in [0.1, 0.15) is 0 Å². The molecule has 7 heteroatoms. The van der Waals surface area contributed by atoms with Crippen LogP contribution in [0.5, 0.6) is 17.4 Å². The second-order valence-corrected chi connectivity index (χ2v) is 6.38. The van der Waals surface area contributed by atoms with Crippen molar-refractivity contribution in [3.63, 3.8) is 0 Å². The van der Waals surface area contributed by atoms with Crippen LogP contribution >= 0.6 is 0 Å². The summed E-state index contributed by atoms with van der Waals surface area (Å²) < 4.78 is 15.9. The fraction of sp³-hybridized carbons (Fsp3) is 0.250. The lowest BCUT2D eigenvalue weighted by atomic mass is 10.1. The van der Waals surface area contributed by atoms with E-state index in [1.807, 2.05) is 44.2 Å². The molecule has 1 aromatic heterocycles. The van der Waals surface area contributed by atoms with Crippen LogP contribution in [-0.4, -0.2) is 29.8 Å². The Hall–Kier alpha value is -3.35. The van der Waals surface area contributed by atoms with E-state index in [1.165, 1.54) is 7.11 Å². The van der Waals surface area contributed by atoms with E-state index in [1.54, 1.807) is 0 Å². The highest BCUT2D eigenvalue weighted by Crippen LogP contribution is 2.32. The number of carbonyl (C=O) groups is 1. The highest BCUT2D eigenvalue weighted by atomic mass is 16.7. The first-order valence-corrected chi connectivity index (χ1v) is 8.55. The summed E-state index contributed by atoms with van der Waals surface area (Å²) >= 11 is 0. The van der Waals surface area contributed by atoms with Crippen molar-refractivity contribution in [3.05, 3.63) is 52.7 Å². The van der Waals surface area contributed by atoms with Crippen LogP contribution in [0.4, 0.5) is 0 Å². The van der Waals surface area contributed by atoms with Gasteiger partial charge in [-0.15, -0.1) is 0 Å². The van der Waals surface area contributed by atoms with Gasteiger partial charge in [-0.3, -0.25) is 4.79 Å². The molecule has 1 amide bonds. The topological polar surface area (TPSA) is 82.6 Å². The number of aryl methyl sites for hydroxylation is 2. The van der Waals surface area contributed by atoms with Crippen LogP contribution in [0, 0.1) is 13.8 Å². The third-order valence-corrected chi connectivity index (χ3v) is 4.55. The first kappa shape index (κ1) is 17.1. The molecule has 0 spiro atoms.